The normalized spacial score (nSPS) is 12.3. The van der Waals surface area contributed by atoms with Gasteiger partial charge in [-0.2, -0.15) is 0 Å². The largest absolute Gasteiger partial charge is 0.383 e. The van der Waals surface area contributed by atoms with E-state index >= 15 is 0 Å². The van der Waals surface area contributed by atoms with Gasteiger partial charge in [0, 0.05) is 14.1 Å². The van der Waals surface area contributed by atoms with Gasteiger partial charge >= 0.3 is 0 Å². The van der Waals surface area contributed by atoms with E-state index in [1.54, 1.807) is 24.5 Å². The summed E-state index contributed by atoms with van der Waals surface area (Å²) in [5.74, 6) is -0.227. The van der Waals surface area contributed by atoms with Gasteiger partial charge in [-0.1, -0.05) is 11.2 Å². The van der Waals surface area contributed by atoms with E-state index in [2.05, 4.69) is 33.1 Å². The Labute approximate surface area is 135 Å². The van der Waals surface area contributed by atoms with E-state index in [0.717, 1.165) is 14.1 Å². The van der Waals surface area contributed by atoms with Crippen molar-refractivity contribution in [2.75, 3.05) is 5.32 Å². The Hall–Kier alpha value is -1.41. The number of benzene rings is 1. The summed E-state index contributed by atoms with van der Waals surface area (Å²) in [5.41, 5.74) is 0.744. The van der Waals surface area contributed by atoms with Gasteiger partial charge in [-0.15, -0.1) is 11.3 Å². The molecule has 0 saturated carbocycles. The van der Waals surface area contributed by atoms with Crippen LogP contribution in [-0.2, 0) is 9.63 Å². The van der Waals surface area contributed by atoms with E-state index in [-0.39, 0.29) is 5.91 Å². The molecule has 0 bridgehead atoms. The maximum Gasteiger partial charge on any atom is 0.267 e. The van der Waals surface area contributed by atoms with Crippen LogP contribution < -0.4 is 5.32 Å². The standard InChI is InChI=1S/C14H13IN2O2S/c1-10(19-16-9-13-3-2-8-20-13)14(18)17-12-6-4-11(15)5-7-12/h2-10H,1H3,(H,17,18)/b16-9+. The molecule has 20 heavy (non-hydrogen) atoms. The van der Waals surface area contributed by atoms with Crippen LogP contribution in [0.25, 0.3) is 0 Å². The van der Waals surface area contributed by atoms with E-state index < -0.39 is 6.10 Å². The molecule has 4 nitrogen and oxygen atoms in total. The minimum atomic E-state index is -0.648. The van der Waals surface area contributed by atoms with E-state index in [9.17, 15) is 4.79 Å². The number of nitrogens with one attached hydrogen (secondary N) is 1. The van der Waals surface area contributed by atoms with Crippen LogP contribution in [0.2, 0.25) is 0 Å². The molecule has 0 aliphatic carbocycles. The Balaban J connectivity index is 1.84. The average Bonchev–Trinajstić information content (AvgIpc) is 2.94. The van der Waals surface area contributed by atoms with Gasteiger partial charge in [-0.05, 0) is 65.2 Å². The SMILES string of the molecule is CC(O/N=C/c1cccs1)C(=O)Nc1ccc(I)cc1. The molecule has 6 heteroatoms. The highest BCUT2D eigenvalue weighted by atomic mass is 127. The van der Waals surface area contributed by atoms with Crippen molar-refractivity contribution in [3.8, 4) is 0 Å². The molecule has 0 aliphatic rings. The van der Waals surface area contributed by atoms with Crippen LogP contribution in [-0.4, -0.2) is 18.2 Å². The van der Waals surface area contributed by atoms with Crippen LogP contribution in [0.3, 0.4) is 0 Å². The van der Waals surface area contributed by atoms with E-state index in [4.69, 9.17) is 4.84 Å². The zero-order valence-electron chi connectivity index (χ0n) is 10.7. The summed E-state index contributed by atoms with van der Waals surface area (Å²) in [7, 11) is 0. The fraction of sp³-hybridized carbons (Fsp3) is 0.143. The lowest BCUT2D eigenvalue weighted by atomic mass is 10.3. The lowest BCUT2D eigenvalue weighted by Gasteiger charge is -2.10. The molecule has 0 saturated heterocycles. The van der Waals surface area contributed by atoms with Gasteiger partial charge in [0.05, 0.1) is 6.21 Å². The molecule has 2 rings (SSSR count). The summed E-state index contributed by atoms with van der Waals surface area (Å²) in [6.45, 7) is 1.66. The van der Waals surface area contributed by atoms with Crippen molar-refractivity contribution >= 4 is 51.7 Å². The predicted octanol–water partition coefficient (Wildman–Crippen LogP) is 3.73. The highest BCUT2D eigenvalue weighted by Gasteiger charge is 2.13. The second kappa shape index (κ2) is 7.39. The predicted molar refractivity (Wildman–Crippen MR) is 90.2 cm³/mol. The number of hydrogen-bond acceptors (Lipinski definition) is 4. The monoisotopic (exact) mass is 400 g/mol. The number of halogens is 1. The van der Waals surface area contributed by atoms with Crippen LogP contribution >= 0.6 is 33.9 Å². The number of hydrogen-bond donors (Lipinski definition) is 1. The first-order valence-electron chi connectivity index (χ1n) is 5.94. The van der Waals surface area contributed by atoms with Crippen molar-refractivity contribution in [1.29, 1.82) is 0 Å². The van der Waals surface area contributed by atoms with E-state index in [1.165, 1.54) is 0 Å². The Bertz CT molecular complexity index is 582. The lowest BCUT2D eigenvalue weighted by Crippen LogP contribution is -2.26. The third-order valence-electron chi connectivity index (χ3n) is 2.42. The molecular formula is C14H13IN2O2S. The van der Waals surface area contributed by atoms with Gasteiger partial charge < -0.3 is 10.2 Å². The number of oxime groups is 1. The molecule has 104 valence electrons. The average molecular weight is 400 g/mol. The van der Waals surface area contributed by atoms with Crippen molar-refractivity contribution < 1.29 is 9.63 Å². The van der Waals surface area contributed by atoms with Crippen molar-refractivity contribution in [2.24, 2.45) is 5.16 Å². The van der Waals surface area contributed by atoms with Crippen molar-refractivity contribution in [2.45, 2.75) is 13.0 Å². The zero-order valence-corrected chi connectivity index (χ0v) is 13.7. The summed E-state index contributed by atoms with van der Waals surface area (Å²) in [6.07, 6.45) is 0.949. The molecule has 0 spiro atoms. The van der Waals surface area contributed by atoms with Crippen LogP contribution in [0.15, 0.2) is 46.9 Å². The minimum Gasteiger partial charge on any atom is -0.383 e. The second-order valence-corrected chi connectivity index (χ2v) is 6.22. The second-order valence-electron chi connectivity index (χ2n) is 3.99. The number of thiophene rings is 1. The first kappa shape index (κ1) is 15.0. The highest BCUT2D eigenvalue weighted by molar-refractivity contribution is 14.1. The molecule has 2 aromatic rings. The van der Waals surface area contributed by atoms with Gasteiger partial charge in [-0.3, -0.25) is 4.79 Å². The molecule has 1 heterocycles. The van der Waals surface area contributed by atoms with E-state index in [1.807, 2.05) is 41.8 Å². The van der Waals surface area contributed by atoms with E-state index in [0.29, 0.717) is 0 Å². The Kier molecular flexibility index (Phi) is 5.54. The van der Waals surface area contributed by atoms with Gasteiger partial charge in [0.25, 0.3) is 5.91 Å². The van der Waals surface area contributed by atoms with Crippen molar-refractivity contribution in [3.63, 3.8) is 0 Å². The Morgan fingerprint density at radius 1 is 1.40 bits per heavy atom. The molecule has 1 aromatic carbocycles. The highest BCUT2D eigenvalue weighted by Crippen LogP contribution is 2.12. The van der Waals surface area contributed by atoms with Gasteiger partial charge in [0.2, 0.25) is 6.10 Å². The summed E-state index contributed by atoms with van der Waals surface area (Å²) in [5, 5.41) is 8.54. The fourth-order valence-electron chi connectivity index (χ4n) is 1.36. The van der Waals surface area contributed by atoms with Crippen LogP contribution in [0, 0.1) is 3.57 Å². The van der Waals surface area contributed by atoms with Gasteiger partial charge in [0.15, 0.2) is 0 Å². The molecule has 1 aromatic heterocycles. The number of amides is 1. The zero-order chi connectivity index (χ0) is 14.4. The first-order chi connectivity index (χ1) is 9.65. The summed E-state index contributed by atoms with van der Waals surface area (Å²) in [4.78, 5) is 18.0. The minimum absolute atomic E-state index is 0.227. The maximum absolute atomic E-state index is 11.9. The molecule has 0 radical (unpaired) electrons. The molecule has 1 amide bonds. The van der Waals surface area contributed by atoms with Gasteiger partial charge in [-0.25, -0.2) is 0 Å². The fourth-order valence-corrected chi connectivity index (χ4v) is 2.30. The number of carbonyl (C=O) groups is 1. The van der Waals surface area contributed by atoms with Crippen LogP contribution in [0.4, 0.5) is 5.69 Å². The number of rotatable bonds is 5. The topological polar surface area (TPSA) is 50.7 Å². The molecular weight excluding hydrogens is 387 g/mol. The third-order valence-corrected chi connectivity index (χ3v) is 3.95. The first-order valence-corrected chi connectivity index (χ1v) is 7.90. The number of nitrogens with zero attached hydrogens (tertiary/aromatic N) is 1. The third kappa shape index (κ3) is 4.61. The quantitative estimate of drug-likeness (QED) is 0.473. The summed E-state index contributed by atoms with van der Waals surface area (Å²) < 4.78 is 1.12. The molecule has 1 N–H and O–H groups in total. The number of anilines is 1. The smallest absolute Gasteiger partial charge is 0.267 e. The molecule has 1 atom stereocenters. The molecule has 0 fully saturated rings. The lowest BCUT2D eigenvalue weighted by molar-refractivity contribution is -0.126. The maximum atomic E-state index is 11.9. The van der Waals surface area contributed by atoms with Crippen LogP contribution in [0.5, 0.6) is 0 Å². The Morgan fingerprint density at radius 2 is 2.15 bits per heavy atom. The van der Waals surface area contributed by atoms with Crippen molar-refractivity contribution in [3.05, 3.63) is 50.2 Å². The van der Waals surface area contributed by atoms with Crippen LogP contribution in [0.1, 0.15) is 11.8 Å². The van der Waals surface area contributed by atoms with Gasteiger partial charge in [0.1, 0.15) is 0 Å². The molecule has 0 aliphatic heterocycles. The Morgan fingerprint density at radius 3 is 2.80 bits per heavy atom. The summed E-state index contributed by atoms with van der Waals surface area (Å²) in [6, 6.07) is 11.4. The number of carbonyl (C=O) groups excluding carboxylic acids is 1. The summed E-state index contributed by atoms with van der Waals surface area (Å²) >= 11 is 3.77. The van der Waals surface area contributed by atoms with Crippen molar-refractivity contribution in [1.82, 2.24) is 0 Å². The molecule has 1 unspecified atom stereocenters.